The van der Waals surface area contributed by atoms with E-state index >= 15 is 0 Å². The van der Waals surface area contributed by atoms with Gasteiger partial charge in [0.05, 0.1) is 11.3 Å². The van der Waals surface area contributed by atoms with Crippen molar-refractivity contribution in [3.63, 3.8) is 0 Å². The van der Waals surface area contributed by atoms with Gasteiger partial charge in [-0.2, -0.15) is 0 Å². The summed E-state index contributed by atoms with van der Waals surface area (Å²) in [6.45, 7) is 3.85. The van der Waals surface area contributed by atoms with E-state index in [-0.39, 0.29) is 11.5 Å². The lowest BCUT2D eigenvalue weighted by molar-refractivity contribution is -0.116. The fourth-order valence-corrected chi connectivity index (χ4v) is 3.91. The molecule has 1 amide bonds. The molecule has 1 aliphatic heterocycles. The Morgan fingerprint density at radius 1 is 1.10 bits per heavy atom. The zero-order valence-corrected chi connectivity index (χ0v) is 17.1. The largest absolute Gasteiger partial charge is 0.478 e. The van der Waals surface area contributed by atoms with Crippen LogP contribution in [0.2, 0.25) is 0 Å². The monoisotopic (exact) mass is 394 g/mol. The summed E-state index contributed by atoms with van der Waals surface area (Å²) in [5, 5.41) is 12.4. The van der Waals surface area contributed by atoms with E-state index < -0.39 is 5.97 Å². The van der Waals surface area contributed by atoms with Crippen molar-refractivity contribution in [2.75, 3.05) is 23.3 Å². The minimum atomic E-state index is -1.02. The molecule has 5 nitrogen and oxygen atoms in total. The molecule has 1 fully saturated rings. The van der Waals surface area contributed by atoms with E-state index in [4.69, 9.17) is 0 Å². The molecule has 2 N–H and O–H groups in total. The van der Waals surface area contributed by atoms with Crippen LogP contribution in [0.5, 0.6) is 0 Å². The fourth-order valence-electron chi connectivity index (χ4n) is 3.91. The molecule has 1 saturated heterocycles. The second kappa shape index (κ2) is 10.1. The number of amides is 1. The maximum atomic E-state index is 12.0. The topological polar surface area (TPSA) is 69.6 Å². The number of nitrogens with zero attached hydrogens (tertiary/aromatic N) is 1. The van der Waals surface area contributed by atoms with Gasteiger partial charge in [-0.05, 0) is 55.4 Å². The third-order valence-corrected chi connectivity index (χ3v) is 5.61. The summed E-state index contributed by atoms with van der Waals surface area (Å²) in [5.74, 6) is -0.495. The highest BCUT2D eigenvalue weighted by atomic mass is 16.4. The van der Waals surface area contributed by atoms with Gasteiger partial charge < -0.3 is 15.3 Å². The van der Waals surface area contributed by atoms with Crippen LogP contribution >= 0.6 is 0 Å². The average molecular weight is 395 g/mol. The molecule has 1 heterocycles. The summed E-state index contributed by atoms with van der Waals surface area (Å²) in [5.41, 5.74) is 2.81. The number of aromatic carboxylic acids is 1. The first-order valence-corrected chi connectivity index (χ1v) is 10.5. The van der Waals surface area contributed by atoms with Gasteiger partial charge in [-0.3, -0.25) is 4.79 Å². The van der Waals surface area contributed by atoms with E-state index in [9.17, 15) is 14.7 Å². The van der Waals surface area contributed by atoms with Crippen LogP contribution < -0.4 is 10.2 Å². The van der Waals surface area contributed by atoms with Crippen LogP contribution in [0.15, 0.2) is 48.5 Å². The third kappa shape index (κ3) is 5.83. The van der Waals surface area contributed by atoms with Crippen molar-refractivity contribution in [3.05, 3.63) is 59.7 Å². The lowest BCUT2D eigenvalue weighted by atomic mass is 9.90. The molecule has 0 atom stereocenters. The normalized spacial score (nSPS) is 14.6. The van der Waals surface area contributed by atoms with Crippen molar-refractivity contribution in [2.45, 2.75) is 45.4 Å². The molecule has 0 aromatic heterocycles. The van der Waals surface area contributed by atoms with Gasteiger partial charge in [0, 0.05) is 25.2 Å². The number of anilines is 2. The Bertz CT molecular complexity index is 827. The van der Waals surface area contributed by atoms with Crippen molar-refractivity contribution < 1.29 is 14.7 Å². The molecule has 2 aromatic rings. The summed E-state index contributed by atoms with van der Waals surface area (Å²) in [4.78, 5) is 26.0. The van der Waals surface area contributed by atoms with Crippen LogP contribution in [0.25, 0.3) is 0 Å². The Balaban J connectivity index is 1.63. The highest BCUT2D eigenvalue weighted by Gasteiger charge is 2.21. The average Bonchev–Trinajstić information content (AvgIpc) is 2.74. The molecule has 0 spiro atoms. The number of carboxylic acid groups (broad SMARTS) is 1. The van der Waals surface area contributed by atoms with Gasteiger partial charge in [0.15, 0.2) is 0 Å². The van der Waals surface area contributed by atoms with Crippen molar-refractivity contribution in [3.8, 4) is 0 Å². The number of piperidine rings is 1. The third-order valence-electron chi connectivity index (χ3n) is 5.61. The number of hydrogen-bond donors (Lipinski definition) is 2. The van der Waals surface area contributed by atoms with Gasteiger partial charge in [0.2, 0.25) is 5.91 Å². The molecule has 0 bridgehead atoms. The van der Waals surface area contributed by atoms with Gasteiger partial charge in [0.1, 0.15) is 0 Å². The highest BCUT2D eigenvalue weighted by Crippen LogP contribution is 2.29. The predicted molar refractivity (Wildman–Crippen MR) is 117 cm³/mol. The zero-order valence-electron chi connectivity index (χ0n) is 17.1. The summed E-state index contributed by atoms with van der Waals surface area (Å²) in [7, 11) is 0. The number of benzene rings is 2. The van der Waals surface area contributed by atoms with Crippen LogP contribution in [0.4, 0.5) is 11.4 Å². The highest BCUT2D eigenvalue weighted by molar-refractivity contribution is 6.01. The van der Waals surface area contributed by atoms with Crippen molar-refractivity contribution in [1.82, 2.24) is 0 Å². The second-order valence-electron chi connectivity index (χ2n) is 7.81. The van der Waals surface area contributed by atoms with Crippen molar-refractivity contribution in [1.29, 1.82) is 0 Å². The molecule has 154 valence electrons. The molecule has 1 aliphatic rings. The minimum Gasteiger partial charge on any atom is -0.478 e. The van der Waals surface area contributed by atoms with Crippen LogP contribution in [0.3, 0.4) is 0 Å². The van der Waals surface area contributed by atoms with E-state index in [1.54, 1.807) is 12.1 Å². The molecular formula is C24H30N2O3. The van der Waals surface area contributed by atoms with Crippen molar-refractivity contribution >= 4 is 23.3 Å². The Morgan fingerprint density at radius 3 is 2.48 bits per heavy atom. The summed E-state index contributed by atoms with van der Waals surface area (Å²) < 4.78 is 0. The van der Waals surface area contributed by atoms with Gasteiger partial charge in [0.25, 0.3) is 0 Å². The molecule has 3 rings (SSSR count). The van der Waals surface area contributed by atoms with E-state index in [0.29, 0.717) is 18.0 Å². The van der Waals surface area contributed by atoms with E-state index in [1.807, 2.05) is 19.1 Å². The number of rotatable bonds is 8. The molecule has 0 saturated carbocycles. The minimum absolute atomic E-state index is 0.135. The molecule has 5 heteroatoms. The predicted octanol–water partition coefficient (Wildman–Crippen LogP) is 4.97. The van der Waals surface area contributed by atoms with Gasteiger partial charge >= 0.3 is 5.97 Å². The number of carbonyl (C=O) groups is 2. The van der Waals surface area contributed by atoms with Crippen molar-refractivity contribution in [2.24, 2.45) is 5.92 Å². The van der Waals surface area contributed by atoms with Gasteiger partial charge in [-0.25, -0.2) is 4.79 Å². The smallest absolute Gasteiger partial charge is 0.337 e. The zero-order chi connectivity index (χ0) is 20.6. The molecular weight excluding hydrogens is 364 g/mol. The molecule has 29 heavy (non-hydrogen) atoms. The first kappa shape index (κ1) is 20.9. The number of hydrogen-bond acceptors (Lipinski definition) is 3. The molecule has 0 radical (unpaired) electrons. The van der Waals surface area contributed by atoms with E-state index in [1.165, 1.54) is 5.56 Å². The summed E-state index contributed by atoms with van der Waals surface area (Å²) in [6, 6.07) is 15.9. The van der Waals surface area contributed by atoms with Gasteiger partial charge in [-0.15, -0.1) is 0 Å². The lowest BCUT2D eigenvalue weighted by Gasteiger charge is -2.34. The van der Waals surface area contributed by atoms with Crippen LogP contribution in [-0.2, 0) is 11.2 Å². The quantitative estimate of drug-likeness (QED) is 0.663. The number of nitrogens with one attached hydrogen (secondary N) is 1. The number of carbonyl (C=O) groups excluding carboxylic acids is 1. The number of carboxylic acids is 1. The second-order valence-corrected chi connectivity index (χ2v) is 7.81. The molecule has 0 unspecified atom stereocenters. The first-order valence-electron chi connectivity index (χ1n) is 10.5. The van der Waals surface area contributed by atoms with Crippen LogP contribution in [0, 0.1) is 5.92 Å². The van der Waals surface area contributed by atoms with Gasteiger partial charge in [-0.1, -0.05) is 43.7 Å². The fraction of sp³-hybridized carbons (Fsp3) is 0.417. The maximum absolute atomic E-state index is 12.0. The Kier molecular flexibility index (Phi) is 7.28. The standard InChI is InChI=1S/C24H30N2O3/c1-2-3-9-23(27)25-22-11-10-20(17-21(22)24(28)29)26-14-12-19(13-15-26)16-18-7-5-4-6-8-18/h4-8,10-11,17,19H,2-3,9,12-16H2,1H3,(H,25,27)(H,28,29). The molecule has 0 aliphatic carbocycles. The van der Waals surface area contributed by atoms with Crippen LogP contribution in [0.1, 0.15) is 54.9 Å². The maximum Gasteiger partial charge on any atom is 0.337 e. The SMILES string of the molecule is CCCCC(=O)Nc1ccc(N2CCC(Cc3ccccc3)CC2)cc1C(=O)O. The van der Waals surface area contributed by atoms with E-state index in [2.05, 4.69) is 34.5 Å². The lowest BCUT2D eigenvalue weighted by Crippen LogP contribution is -2.34. The Morgan fingerprint density at radius 2 is 1.83 bits per heavy atom. The first-order chi connectivity index (χ1) is 14.1. The van der Waals surface area contributed by atoms with Crippen LogP contribution in [-0.4, -0.2) is 30.1 Å². The number of unbranched alkanes of at least 4 members (excludes halogenated alkanes) is 1. The Hall–Kier alpha value is -2.82. The molecule has 2 aromatic carbocycles. The Labute approximate surface area is 172 Å². The summed E-state index contributed by atoms with van der Waals surface area (Å²) >= 11 is 0. The van der Waals surface area contributed by atoms with E-state index in [0.717, 1.165) is 50.9 Å². The summed E-state index contributed by atoms with van der Waals surface area (Å²) in [6.07, 6.45) is 5.41.